The van der Waals surface area contributed by atoms with E-state index in [1.165, 1.54) is 25.3 Å². The highest BCUT2D eigenvalue weighted by atomic mass is 32.2. The molecule has 23 heavy (non-hydrogen) atoms. The number of benzene rings is 2. The van der Waals surface area contributed by atoms with Crippen LogP contribution in [0, 0.1) is 5.82 Å². The predicted molar refractivity (Wildman–Crippen MR) is 85.5 cm³/mol. The van der Waals surface area contributed by atoms with Crippen LogP contribution < -0.4 is 9.46 Å². The minimum atomic E-state index is -3.56. The zero-order valence-corrected chi connectivity index (χ0v) is 13.5. The van der Waals surface area contributed by atoms with E-state index in [2.05, 4.69) is 4.72 Å². The summed E-state index contributed by atoms with van der Waals surface area (Å²) >= 11 is 0. The fourth-order valence-corrected chi connectivity index (χ4v) is 4.08. The van der Waals surface area contributed by atoms with Crippen molar-refractivity contribution in [2.24, 2.45) is 0 Å². The Morgan fingerprint density at radius 1 is 1.09 bits per heavy atom. The van der Waals surface area contributed by atoms with Crippen LogP contribution in [0.4, 0.5) is 4.39 Å². The summed E-state index contributed by atoms with van der Waals surface area (Å²) in [5, 5.41) is 0. The number of hydrogen-bond donors (Lipinski definition) is 1. The van der Waals surface area contributed by atoms with Gasteiger partial charge in [-0.2, -0.15) is 0 Å². The fourth-order valence-electron chi connectivity index (χ4n) is 2.82. The number of halogens is 1. The van der Waals surface area contributed by atoms with Crippen molar-refractivity contribution in [3.05, 3.63) is 59.9 Å². The van der Waals surface area contributed by atoms with Crippen LogP contribution in [0.2, 0.25) is 0 Å². The second-order valence-corrected chi connectivity index (χ2v) is 7.40. The molecule has 0 bridgehead atoms. The van der Waals surface area contributed by atoms with Crippen LogP contribution in [0.25, 0.3) is 0 Å². The highest BCUT2D eigenvalue weighted by Crippen LogP contribution is 2.38. The van der Waals surface area contributed by atoms with Crippen molar-refractivity contribution in [3.8, 4) is 5.75 Å². The molecule has 1 fully saturated rings. The maximum Gasteiger partial charge on any atom is 0.240 e. The van der Waals surface area contributed by atoms with Gasteiger partial charge in [-0.15, -0.1) is 0 Å². The Labute approximate surface area is 135 Å². The summed E-state index contributed by atoms with van der Waals surface area (Å²) in [5.74, 6) is 0.445. The summed E-state index contributed by atoms with van der Waals surface area (Å²) in [7, 11) is -2.03. The van der Waals surface area contributed by atoms with Gasteiger partial charge in [0.05, 0.1) is 12.0 Å². The number of methoxy groups -OCH3 is 1. The van der Waals surface area contributed by atoms with Crippen LogP contribution in [0.15, 0.2) is 53.4 Å². The van der Waals surface area contributed by atoms with Crippen molar-refractivity contribution < 1.29 is 17.5 Å². The minimum absolute atomic E-state index is 0.0692. The molecule has 0 heterocycles. The Hall–Kier alpha value is -1.92. The van der Waals surface area contributed by atoms with Crippen LogP contribution in [0.1, 0.15) is 24.3 Å². The number of sulfonamides is 1. The van der Waals surface area contributed by atoms with Gasteiger partial charge in [0.15, 0.2) is 0 Å². The third-order valence-corrected chi connectivity index (χ3v) is 5.71. The second kappa shape index (κ2) is 6.29. The largest absolute Gasteiger partial charge is 0.497 e. The van der Waals surface area contributed by atoms with Gasteiger partial charge >= 0.3 is 0 Å². The fraction of sp³-hybridized carbons (Fsp3) is 0.294. The molecule has 1 aliphatic rings. The molecule has 4 nitrogen and oxygen atoms in total. The first kappa shape index (κ1) is 16.0. The molecule has 0 atom stereocenters. The van der Waals surface area contributed by atoms with Crippen LogP contribution >= 0.6 is 0 Å². The molecule has 0 saturated heterocycles. The summed E-state index contributed by atoms with van der Waals surface area (Å²) < 4.78 is 46.0. The van der Waals surface area contributed by atoms with Crippen LogP contribution in [-0.2, 0) is 10.0 Å². The van der Waals surface area contributed by atoms with Gasteiger partial charge in [0.25, 0.3) is 0 Å². The zero-order chi connectivity index (χ0) is 16.4. The first-order valence-electron chi connectivity index (χ1n) is 7.40. The summed E-state index contributed by atoms with van der Waals surface area (Å²) in [6.07, 6.45) is 1.21. The lowest BCUT2D eigenvalue weighted by Gasteiger charge is -2.36. The van der Waals surface area contributed by atoms with E-state index in [4.69, 9.17) is 4.74 Å². The summed E-state index contributed by atoms with van der Waals surface area (Å²) in [6, 6.07) is 12.7. The van der Waals surface area contributed by atoms with Gasteiger partial charge in [-0.3, -0.25) is 0 Å². The van der Waals surface area contributed by atoms with Crippen LogP contribution in [0.3, 0.4) is 0 Å². The van der Waals surface area contributed by atoms with E-state index in [0.29, 0.717) is 24.2 Å². The summed E-state index contributed by atoms with van der Waals surface area (Å²) in [6.45, 7) is 0. The van der Waals surface area contributed by atoms with E-state index >= 15 is 0 Å². The molecule has 1 N–H and O–H groups in total. The minimum Gasteiger partial charge on any atom is -0.497 e. The highest BCUT2D eigenvalue weighted by Gasteiger charge is 2.34. The Balaban J connectivity index is 1.63. The average molecular weight is 335 g/mol. The molecule has 2 aromatic carbocycles. The molecular weight excluding hydrogens is 317 g/mol. The molecule has 1 saturated carbocycles. The first-order valence-corrected chi connectivity index (χ1v) is 8.89. The summed E-state index contributed by atoms with van der Waals surface area (Å²) in [4.78, 5) is 0.202. The topological polar surface area (TPSA) is 55.4 Å². The zero-order valence-electron chi connectivity index (χ0n) is 12.7. The van der Waals surface area contributed by atoms with Crippen molar-refractivity contribution in [1.82, 2.24) is 4.72 Å². The molecule has 122 valence electrons. The van der Waals surface area contributed by atoms with Gasteiger partial charge in [-0.1, -0.05) is 18.2 Å². The SMILES string of the molecule is COc1ccc(S(=O)(=O)NC2CC(c3ccccc3F)C2)cc1. The Kier molecular flexibility index (Phi) is 4.37. The van der Waals surface area contributed by atoms with Gasteiger partial charge in [0, 0.05) is 6.04 Å². The van der Waals surface area contributed by atoms with E-state index in [-0.39, 0.29) is 22.7 Å². The number of rotatable bonds is 5. The van der Waals surface area contributed by atoms with E-state index < -0.39 is 10.0 Å². The van der Waals surface area contributed by atoms with Crippen molar-refractivity contribution in [2.45, 2.75) is 29.7 Å². The predicted octanol–water partition coefficient (Wildman–Crippen LogP) is 3.06. The molecule has 1 aliphatic carbocycles. The normalized spacial score (nSPS) is 20.8. The quantitative estimate of drug-likeness (QED) is 0.914. The Bertz CT molecular complexity index is 784. The maximum absolute atomic E-state index is 13.7. The second-order valence-electron chi connectivity index (χ2n) is 5.68. The maximum atomic E-state index is 13.7. The van der Waals surface area contributed by atoms with E-state index in [0.717, 1.165) is 0 Å². The molecule has 0 spiro atoms. The van der Waals surface area contributed by atoms with Crippen molar-refractivity contribution in [3.63, 3.8) is 0 Å². The smallest absolute Gasteiger partial charge is 0.240 e. The van der Waals surface area contributed by atoms with E-state index in [1.54, 1.807) is 30.3 Å². The lowest BCUT2D eigenvalue weighted by Crippen LogP contribution is -2.43. The molecule has 0 aliphatic heterocycles. The van der Waals surface area contributed by atoms with Gasteiger partial charge in [-0.25, -0.2) is 17.5 Å². The van der Waals surface area contributed by atoms with Gasteiger partial charge < -0.3 is 4.74 Å². The Morgan fingerprint density at radius 3 is 2.35 bits per heavy atom. The van der Waals surface area contributed by atoms with Crippen molar-refractivity contribution >= 4 is 10.0 Å². The third-order valence-electron chi connectivity index (χ3n) is 4.17. The van der Waals surface area contributed by atoms with E-state index in [1.807, 2.05) is 0 Å². The Morgan fingerprint density at radius 2 is 1.74 bits per heavy atom. The van der Waals surface area contributed by atoms with Crippen LogP contribution in [0.5, 0.6) is 5.75 Å². The lowest BCUT2D eigenvalue weighted by molar-refractivity contribution is 0.319. The standard InChI is InChI=1S/C17H18FNO3S/c1-22-14-6-8-15(9-7-14)23(20,21)19-13-10-12(11-13)16-4-2-3-5-17(16)18/h2-9,12-13,19H,10-11H2,1H3. The molecule has 0 radical (unpaired) electrons. The van der Waals surface area contributed by atoms with E-state index in [9.17, 15) is 12.8 Å². The van der Waals surface area contributed by atoms with Gasteiger partial charge in [0.1, 0.15) is 11.6 Å². The summed E-state index contributed by atoms with van der Waals surface area (Å²) in [5.41, 5.74) is 0.660. The lowest BCUT2D eigenvalue weighted by atomic mass is 9.76. The molecule has 0 amide bonds. The molecule has 2 aromatic rings. The number of ether oxygens (including phenoxy) is 1. The third kappa shape index (κ3) is 3.38. The molecule has 6 heteroatoms. The monoisotopic (exact) mass is 335 g/mol. The highest BCUT2D eigenvalue weighted by molar-refractivity contribution is 7.89. The van der Waals surface area contributed by atoms with Crippen molar-refractivity contribution in [2.75, 3.05) is 7.11 Å². The molecule has 3 rings (SSSR count). The van der Waals surface area contributed by atoms with Crippen molar-refractivity contribution in [1.29, 1.82) is 0 Å². The molecule has 0 unspecified atom stereocenters. The van der Waals surface area contributed by atoms with Gasteiger partial charge in [0.2, 0.25) is 10.0 Å². The first-order chi connectivity index (χ1) is 11.0. The number of hydrogen-bond acceptors (Lipinski definition) is 3. The molecular formula is C17H18FNO3S. The number of nitrogens with one attached hydrogen (secondary N) is 1. The average Bonchev–Trinajstić information content (AvgIpc) is 2.51. The van der Waals surface area contributed by atoms with Crippen LogP contribution in [-0.4, -0.2) is 21.6 Å². The van der Waals surface area contributed by atoms with Gasteiger partial charge in [-0.05, 0) is 54.7 Å². The molecule has 0 aromatic heterocycles.